The zero-order valence-corrected chi connectivity index (χ0v) is 8.87. The number of anilines is 1. The van der Waals surface area contributed by atoms with Gasteiger partial charge < -0.3 is 10.3 Å². The summed E-state index contributed by atoms with van der Waals surface area (Å²) in [5.74, 6) is 0.357. The molecule has 2 rings (SSSR count). The monoisotopic (exact) mass is 222 g/mol. The van der Waals surface area contributed by atoms with Crippen molar-refractivity contribution in [3.05, 3.63) is 46.6 Å². The lowest BCUT2D eigenvalue weighted by Crippen LogP contribution is -1.91. The van der Waals surface area contributed by atoms with Crippen molar-refractivity contribution in [1.29, 1.82) is 0 Å². The highest BCUT2D eigenvalue weighted by atomic mass is 35.5. The highest BCUT2D eigenvalue weighted by Gasteiger charge is 2.01. The van der Waals surface area contributed by atoms with Crippen LogP contribution in [0.25, 0.3) is 0 Å². The van der Waals surface area contributed by atoms with Crippen LogP contribution in [0.15, 0.2) is 34.9 Å². The summed E-state index contributed by atoms with van der Waals surface area (Å²) in [4.78, 5) is 0. The molecule has 0 aliphatic carbocycles. The fraction of sp³-hybridized carbons (Fsp3) is 0.182. The first-order valence-electron chi connectivity index (χ1n) is 4.69. The Balaban J connectivity index is 1.99. The van der Waals surface area contributed by atoms with Gasteiger partial charge in [-0.05, 0) is 30.5 Å². The van der Waals surface area contributed by atoms with Crippen molar-refractivity contribution in [2.75, 3.05) is 5.73 Å². The Morgan fingerprint density at radius 3 is 2.80 bits per heavy atom. The topological polar surface area (TPSA) is 52.0 Å². The average Bonchev–Trinajstić information content (AvgIpc) is 2.62. The summed E-state index contributed by atoms with van der Waals surface area (Å²) in [6, 6.07) is 9.53. The summed E-state index contributed by atoms with van der Waals surface area (Å²) in [5, 5.41) is 4.58. The Kier molecular flexibility index (Phi) is 2.92. The van der Waals surface area contributed by atoms with Crippen molar-refractivity contribution in [2.24, 2.45) is 0 Å². The van der Waals surface area contributed by atoms with Gasteiger partial charge in [0, 0.05) is 11.1 Å². The third-order valence-electron chi connectivity index (χ3n) is 2.14. The lowest BCUT2D eigenvalue weighted by Gasteiger charge is -1.98. The molecule has 78 valence electrons. The molecule has 4 heteroatoms. The number of halogens is 1. The van der Waals surface area contributed by atoms with Gasteiger partial charge in [0.05, 0.1) is 5.69 Å². The van der Waals surface area contributed by atoms with E-state index in [-0.39, 0.29) is 0 Å². The highest BCUT2D eigenvalue weighted by Crippen LogP contribution is 2.13. The summed E-state index contributed by atoms with van der Waals surface area (Å²) < 4.78 is 4.78. The molecule has 1 aromatic carbocycles. The first-order chi connectivity index (χ1) is 7.24. The SMILES string of the molecule is Nc1cc(CCc2cccc(Cl)c2)no1. The van der Waals surface area contributed by atoms with Gasteiger partial charge in [-0.15, -0.1) is 0 Å². The molecule has 0 aliphatic rings. The molecule has 0 atom stereocenters. The van der Waals surface area contributed by atoms with Crippen molar-refractivity contribution in [3.8, 4) is 0 Å². The van der Waals surface area contributed by atoms with E-state index in [9.17, 15) is 0 Å². The van der Waals surface area contributed by atoms with Gasteiger partial charge in [0.15, 0.2) is 0 Å². The van der Waals surface area contributed by atoms with E-state index >= 15 is 0 Å². The molecular weight excluding hydrogens is 212 g/mol. The first-order valence-corrected chi connectivity index (χ1v) is 5.07. The molecule has 1 aromatic heterocycles. The molecule has 0 saturated carbocycles. The van der Waals surface area contributed by atoms with Crippen LogP contribution in [-0.4, -0.2) is 5.16 Å². The number of hydrogen-bond donors (Lipinski definition) is 1. The third kappa shape index (κ3) is 2.73. The predicted octanol–water partition coefficient (Wildman–Crippen LogP) is 2.70. The lowest BCUT2D eigenvalue weighted by molar-refractivity contribution is 0.427. The molecule has 2 aromatic rings. The van der Waals surface area contributed by atoms with Gasteiger partial charge in [0.2, 0.25) is 5.88 Å². The van der Waals surface area contributed by atoms with Gasteiger partial charge in [0.1, 0.15) is 0 Å². The van der Waals surface area contributed by atoms with Crippen molar-refractivity contribution < 1.29 is 4.52 Å². The zero-order chi connectivity index (χ0) is 10.7. The number of rotatable bonds is 3. The number of hydrogen-bond acceptors (Lipinski definition) is 3. The second-order valence-electron chi connectivity index (χ2n) is 3.35. The Hall–Kier alpha value is -1.48. The molecule has 3 nitrogen and oxygen atoms in total. The van der Waals surface area contributed by atoms with Gasteiger partial charge in [-0.1, -0.05) is 28.9 Å². The van der Waals surface area contributed by atoms with Crippen LogP contribution in [0, 0.1) is 0 Å². The van der Waals surface area contributed by atoms with Gasteiger partial charge in [-0.2, -0.15) is 0 Å². The summed E-state index contributed by atoms with van der Waals surface area (Å²) in [6.07, 6.45) is 1.69. The second kappa shape index (κ2) is 4.36. The molecule has 0 fully saturated rings. The predicted molar refractivity (Wildman–Crippen MR) is 59.8 cm³/mol. The van der Waals surface area contributed by atoms with Crippen LogP contribution in [0.3, 0.4) is 0 Å². The smallest absolute Gasteiger partial charge is 0.222 e. The number of nitrogens with zero attached hydrogens (tertiary/aromatic N) is 1. The fourth-order valence-electron chi connectivity index (χ4n) is 1.41. The number of nitrogen functional groups attached to an aromatic ring is 1. The summed E-state index contributed by atoms with van der Waals surface area (Å²) >= 11 is 5.88. The normalized spacial score (nSPS) is 10.5. The van der Waals surface area contributed by atoms with E-state index in [2.05, 4.69) is 5.16 Å². The van der Waals surface area contributed by atoms with Crippen molar-refractivity contribution in [1.82, 2.24) is 5.16 Å². The summed E-state index contributed by atoms with van der Waals surface area (Å²) in [5.41, 5.74) is 7.47. The maximum absolute atomic E-state index is 5.88. The van der Waals surface area contributed by atoms with Crippen LogP contribution in [-0.2, 0) is 12.8 Å². The Morgan fingerprint density at radius 1 is 1.27 bits per heavy atom. The average molecular weight is 223 g/mol. The molecule has 2 N–H and O–H groups in total. The maximum Gasteiger partial charge on any atom is 0.222 e. The van der Waals surface area contributed by atoms with Crippen molar-refractivity contribution >= 4 is 17.5 Å². The fourth-order valence-corrected chi connectivity index (χ4v) is 1.62. The number of benzene rings is 1. The molecule has 0 spiro atoms. The molecule has 0 unspecified atom stereocenters. The maximum atomic E-state index is 5.88. The molecule has 0 bridgehead atoms. The van der Waals surface area contributed by atoms with E-state index in [1.807, 2.05) is 24.3 Å². The van der Waals surface area contributed by atoms with Crippen molar-refractivity contribution in [2.45, 2.75) is 12.8 Å². The van der Waals surface area contributed by atoms with E-state index in [1.54, 1.807) is 6.07 Å². The largest absolute Gasteiger partial charge is 0.368 e. The molecule has 15 heavy (non-hydrogen) atoms. The van der Waals surface area contributed by atoms with E-state index in [4.69, 9.17) is 21.9 Å². The lowest BCUT2D eigenvalue weighted by atomic mass is 10.1. The minimum Gasteiger partial charge on any atom is -0.368 e. The van der Waals surface area contributed by atoms with Crippen LogP contribution < -0.4 is 5.73 Å². The Morgan fingerprint density at radius 2 is 2.13 bits per heavy atom. The Bertz CT molecular complexity index is 453. The molecular formula is C11H11ClN2O. The highest BCUT2D eigenvalue weighted by molar-refractivity contribution is 6.30. The van der Waals surface area contributed by atoms with Crippen LogP contribution in [0.2, 0.25) is 5.02 Å². The van der Waals surface area contributed by atoms with E-state index in [0.717, 1.165) is 23.6 Å². The molecule has 0 aliphatic heterocycles. The minimum atomic E-state index is 0.357. The Labute approximate surface area is 92.8 Å². The van der Waals surface area contributed by atoms with Crippen LogP contribution in [0.4, 0.5) is 5.88 Å². The number of aromatic nitrogens is 1. The number of nitrogens with two attached hydrogens (primary N) is 1. The van der Waals surface area contributed by atoms with Crippen LogP contribution >= 0.6 is 11.6 Å². The number of aryl methyl sites for hydroxylation is 2. The molecule has 0 radical (unpaired) electrons. The van der Waals surface area contributed by atoms with Crippen molar-refractivity contribution in [3.63, 3.8) is 0 Å². The second-order valence-corrected chi connectivity index (χ2v) is 3.79. The molecule has 0 saturated heterocycles. The summed E-state index contributed by atoms with van der Waals surface area (Å²) in [6.45, 7) is 0. The van der Waals surface area contributed by atoms with E-state index in [1.165, 1.54) is 5.56 Å². The minimum absolute atomic E-state index is 0.357. The van der Waals surface area contributed by atoms with Crippen LogP contribution in [0.1, 0.15) is 11.3 Å². The van der Waals surface area contributed by atoms with E-state index in [0.29, 0.717) is 5.88 Å². The summed E-state index contributed by atoms with van der Waals surface area (Å²) in [7, 11) is 0. The van der Waals surface area contributed by atoms with Gasteiger partial charge in [-0.3, -0.25) is 0 Å². The van der Waals surface area contributed by atoms with Crippen LogP contribution in [0.5, 0.6) is 0 Å². The van der Waals surface area contributed by atoms with Gasteiger partial charge >= 0.3 is 0 Å². The molecule has 1 heterocycles. The van der Waals surface area contributed by atoms with Gasteiger partial charge in [0.25, 0.3) is 0 Å². The quantitative estimate of drug-likeness (QED) is 0.869. The molecule has 0 amide bonds. The van der Waals surface area contributed by atoms with Gasteiger partial charge in [-0.25, -0.2) is 0 Å². The zero-order valence-electron chi connectivity index (χ0n) is 8.11. The third-order valence-corrected chi connectivity index (χ3v) is 2.37. The van der Waals surface area contributed by atoms with E-state index < -0.39 is 0 Å². The standard InChI is InChI=1S/C11H11ClN2O/c12-9-3-1-2-8(6-9)4-5-10-7-11(13)15-14-10/h1-3,6-7H,4-5,13H2. The first kappa shape index (κ1) is 10.1.